The number of hydrogen-bond acceptors (Lipinski definition) is 5. The Bertz CT molecular complexity index is 1570. The Morgan fingerprint density at radius 2 is 1.50 bits per heavy atom. The van der Waals surface area contributed by atoms with E-state index in [1.165, 1.54) is 82.5 Å². The highest BCUT2D eigenvalue weighted by molar-refractivity contribution is 5.90. The number of ether oxygens (including phenoxy) is 2. The number of rotatable bonds is 5. The molecule has 1 aromatic rings. The lowest BCUT2D eigenvalue weighted by Crippen LogP contribution is -2.67. The van der Waals surface area contributed by atoms with Gasteiger partial charge in [0.1, 0.15) is 5.60 Å². The van der Waals surface area contributed by atoms with Gasteiger partial charge in [-0.3, -0.25) is 0 Å². The molecule has 0 bridgehead atoms. The third-order valence-electron chi connectivity index (χ3n) is 16.5. The molecule has 328 valence electrons. The molecule has 1 heterocycles. The van der Waals surface area contributed by atoms with E-state index in [0.29, 0.717) is 28.2 Å². The molecule has 0 spiro atoms. The van der Waals surface area contributed by atoms with Gasteiger partial charge in [0.25, 0.3) is 0 Å². The summed E-state index contributed by atoms with van der Waals surface area (Å²) < 4.78 is 10.7. The molecule has 5 aliphatic carbocycles. The topological polar surface area (TPSA) is 67.9 Å². The summed E-state index contributed by atoms with van der Waals surface area (Å²) in [7, 11) is 1.45. The largest absolute Gasteiger partial charge is 0.465 e. The second-order valence-corrected chi connectivity index (χ2v) is 20.7. The fourth-order valence-electron chi connectivity index (χ4n) is 13.9. The summed E-state index contributed by atoms with van der Waals surface area (Å²) in [6.45, 7) is 35.0. The van der Waals surface area contributed by atoms with E-state index >= 15 is 0 Å². The number of amides is 1. The molecule has 8 unspecified atom stereocenters. The van der Waals surface area contributed by atoms with Crippen LogP contribution in [0.5, 0.6) is 0 Å². The van der Waals surface area contributed by atoms with E-state index in [4.69, 9.17) is 9.47 Å². The van der Waals surface area contributed by atoms with Crippen LogP contribution in [-0.4, -0.2) is 54.8 Å². The lowest BCUT2D eigenvalue weighted by Gasteiger charge is -2.72. The first-order valence-corrected chi connectivity index (χ1v) is 23.6. The van der Waals surface area contributed by atoms with Gasteiger partial charge in [0, 0.05) is 25.2 Å². The summed E-state index contributed by atoms with van der Waals surface area (Å²) in [6.07, 6.45) is 19.6. The van der Waals surface area contributed by atoms with E-state index in [9.17, 15) is 9.59 Å². The Hall–Kier alpha value is -2.60. The average molecular weight is 803 g/mol. The van der Waals surface area contributed by atoms with Crippen molar-refractivity contribution in [1.82, 2.24) is 10.2 Å². The van der Waals surface area contributed by atoms with Crippen LogP contribution in [0.4, 0.5) is 4.79 Å². The van der Waals surface area contributed by atoms with Crippen molar-refractivity contribution in [3.63, 3.8) is 0 Å². The molecule has 6 nitrogen and oxygen atoms in total. The zero-order valence-electron chi connectivity index (χ0n) is 39.7. The van der Waals surface area contributed by atoms with Gasteiger partial charge in [-0.05, 0) is 173 Å². The van der Waals surface area contributed by atoms with Gasteiger partial charge in [-0.15, -0.1) is 6.58 Å². The van der Waals surface area contributed by atoms with Crippen molar-refractivity contribution in [2.75, 3.05) is 26.7 Å². The van der Waals surface area contributed by atoms with Crippen LogP contribution >= 0.6 is 0 Å². The van der Waals surface area contributed by atoms with Gasteiger partial charge in [-0.25, -0.2) is 9.59 Å². The lowest BCUT2D eigenvalue weighted by atomic mass is 9.33. The van der Waals surface area contributed by atoms with Crippen molar-refractivity contribution in [2.45, 2.75) is 178 Å². The normalized spacial score (nSPS) is 35.8. The molecule has 0 aromatic heterocycles. The molecule has 58 heavy (non-hydrogen) atoms. The highest BCUT2D eigenvalue weighted by Gasteiger charge is 2.69. The van der Waals surface area contributed by atoms with Gasteiger partial charge in [-0.2, -0.15) is 0 Å². The predicted molar refractivity (Wildman–Crippen MR) is 244 cm³/mol. The Morgan fingerprint density at radius 1 is 0.845 bits per heavy atom. The number of piperidine rings is 1. The van der Waals surface area contributed by atoms with Crippen molar-refractivity contribution in [3.05, 3.63) is 54.1 Å². The van der Waals surface area contributed by atoms with E-state index in [2.05, 4.69) is 64.7 Å². The van der Waals surface area contributed by atoms with Crippen molar-refractivity contribution >= 4 is 17.6 Å². The zero-order chi connectivity index (χ0) is 43.3. The van der Waals surface area contributed by atoms with Gasteiger partial charge < -0.3 is 19.7 Å². The lowest BCUT2D eigenvalue weighted by molar-refractivity contribution is -0.217. The number of benzene rings is 1. The summed E-state index contributed by atoms with van der Waals surface area (Å²) >= 11 is 0. The highest BCUT2D eigenvalue weighted by Crippen LogP contribution is 2.76. The van der Waals surface area contributed by atoms with Gasteiger partial charge in [0.2, 0.25) is 0 Å². The number of carbonyl (C=O) groups excluding carboxylic acids is 2. The van der Waals surface area contributed by atoms with Crippen LogP contribution in [0.2, 0.25) is 0 Å². The van der Waals surface area contributed by atoms with Gasteiger partial charge >= 0.3 is 12.1 Å². The van der Waals surface area contributed by atoms with E-state index in [1.54, 1.807) is 6.08 Å². The highest BCUT2D eigenvalue weighted by atomic mass is 16.6. The molecule has 1 aromatic carbocycles. The number of nitrogens with one attached hydrogen (secondary N) is 1. The van der Waals surface area contributed by atoms with E-state index in [-0.39, 0.29) is 28.4 Å². The molecule has 6 aliphatic rings. The van der Waals surface area contributed by atoms with Crippen LogP contribution in [0.15, 0.2) is 43.0 Å². The van der Waals surface area contributed by atoms with Crippen LogP contribution in [0.25, 0.3) is 5.57 Å². The average Bonchev–Trinajstić information content (AvgIpc) is 3.63. The SMILES string of the molecule is C=CC.CC.CC.COC(=O)c1ccc(C2=CCC3(C)C(CCC4(C)C3CCC3C5CCCC5(NCC5CCCN(C(=O)OC(C)(C)C)C5)CC[C@]34C)C2(C)C)cc1. The molecule has 7 rings (SSSR count). The molecule has 0 radical (unpaired) electrons. The first-order chi connectivity index (χ1) is 27.4. The first-order valence-electron chi connectivity index (χ1n) is 23.6. The molecular formula is C52H86N2O4. The van der Waals surface area contributed by atoms with Crippen LogP contribution in [0, 0.1) is 51.2 Å². The Kier molecular flexibility index (Phi) is 15.7. The Labute approximate surface area is 356 Å². The number of fused-ring (bicyclic) bond motifs is 7. The maximum atomic E-state index is 12.9. The van der Waals surface area contributed by atoms with E-state index in [1.807, 2.05) is 72.4 Å². The second-order valence-electron chi connectivity index (χ2n) is 20.7. The number of nitrogens with zero attached hydrogens (tertiary/aromatic N) is 1. The maximum Gasteiger partial charge on any atom is 0.410 e. The van der Waals surface area contributed by atoms with Crippen molar-refractivity contribution < 1.29 is 19.1 Å². The van der Waals surface area contributed by atoms with Crippen LogP contribution in [-0.2, 0) is 9.47 Å². The van der Waals surface area contributed by atoms with E-state index < -0.39 is 5.60 Å². The molecule has 4 saturated carbocycles. The maximum absolute atomic E-state index is 12.9. The molecule has 9 atom stereocenters. The summed E-state index contributed by atoms with van der Waals surface area (Å²) in [5, 5.41) is 4.29. The minimum absolute atomic E-state index is 0.0636. The van der Waals surface area contributed by atoms with Gasteiger partial charge in [0.15, 0.2) is 0 Å². The minimum Gasteiger partial charge on any atom is -0.465 e. The summed E-state index contributed by atoms with van der Waals surface area (Å²) in [6, 6.07) is 8.13. The minimum atomic E-state index is -0.451. The quantitative estimate of drug-likeness (QED) is 0.237. The zero-order valence-corrected chi connectivity index (χ0v) is 39.7. The summed E-state index contributed by atoms with van der Waals surface area (Å²) in [5.74, 6) is 3.13. The van der Waals surface area contributed by atoms with Gasteiger partial charge in [-0.1, -0.05) is 93.0 Å². The molecule has 1 aliphatic heterocycles. The number of esters is 1. The molecular weight excluding hydrogens is 717 g/mol. The fourth-order valence-corrected chi connectivity index (χ4v) is 13.9. The van der Waals surface area contributed by atoms with Crippen LogP contribution in [0.3, 0.4) is 0 Å². The number of likely N-dealkylation sites (tertiary alicyclic amines) is 1. The fraction of sp³-hybridized carbons (Fsp3) is 0.769. The van der Waals surface area contributed by atoms with E-state index in [0.717, 1.165) is 50.2 Å². The molecule has 6 heteroatoms. The van der Waals surface area contributed by atoms with Crippen LogP contribution in [0.1, 0.15) is 183 Å². The van der Waals surface area contributed by atoms with Crippen molar-refractivity contribution in [2.24, 2.45) is 51.2 Å². The molecule has 1 saturated heterocycles. The number of allylic oxidation sites excluding steroid dienone is 3. The Balaban J connectivity index is 0.00000100. The monoisotopic (exact) mass is 803 g/mol. The van der Waals surface area contributed by atoms with Crippen molar-refractivity contribution in [3.8, 4) is 0 Å². The Morgan fingerprint density at radius 3 is 2.12 bits per heavy atom. The summed E-state index contributed by atoms with van der Waals surface area (Å²) in [4.78, 5) is 27.0. The number of methoxy groups -OCH3 is 1. The third kappa shape index (κ3) is 8.89. The predicted octanol–water partition coefficient (Wildman–Crippen LogP) is 13.6. The summed E-state index contributed by atoms with van der Waals surface area (Å²) in [5.41, 5.74) is 4.18. The second kappa shape index (κ2) is 19.0. The smallest absolute Gasteiger partial charge is 0.410 e. The van der Waals surface area contributed by atoms with Crippen LogP contribution < -0.4 is 5.32 Å². The number of hydrogen-bond donors (Lipinski definition) is 1. The first kappa shape index (κ1) is 48.1. The van der Waals surface area contributed by atoms with Gasteiger partial charge in [0.05, 0.1) is 12.7 Å². The molecule has 1 N–H and O–H groups in total. The molecule has 1 amide bonds. The van der Waals surface area contributed by atoms with Crippen molar-refractivity contribution in [1.29, 1.82) is 0 Å². The third-order valence-corrected chi connectivity index (χ3v) is 16.5. The standard InChI is InChI=1S/C45H68N2O4.C3H6.2C2H6/c1-40(2,3)51-39(49)47-27-11-12-30(29-47)28-46-45-22-10-13-35(45)34-18-19-37-42(6)23-20-33(31-14-16-32(17-15-31)38(48)50-9)41(4,5)36(42)21-24-44(37,8)43(34,7)25-26-45;1-3-2;2*1-2/h14-17,20,30,34-37,46H,10-13,18-19,21-29H2,1-9H3;3H,1H2,2H3;2*1-2H3/t30?,34?,35?,36?,37?,42?,43-,44?,45?;;;/m1.../s1. The number of carbonyl (C=O) groups is 2. The molecule has 5 fully saturated rings.